The number of hydrogen-bond donors (Lipinski definition) is 1. The number of hydrogen-bond acceptors (Lipinski definition) is 3. The van der Waals surface area contributed by atoms with Crippen LogP contribution in [0.3, 0.4) is 0 Å². The van der Waals surface area contributed by atoms with Crippen molar-refractivity contribution in [3.63, 3.8) is 0 Å². The maximum Gasteiger partial charge on any atom is 0.227 e. The Hall–Kier alpha value is -1.49. The van der Waals surface area contributed by atoms with Crippen molar-refractivity contribution < 1.29 is 9.59 Å². The smallest absolute Gasteiger partial charge is 0.227 e. The summed E-state index contributed by atoms with van der Waals surface area (Å²) in [6.45, 7) is 2.96. The highest BCUT2D eigenvalue weighted by atomic mass is 32.2. The lowest BCUT2D eigenvalue weighted by molar-refractivity contribution is -0.126. The van der Waals surface area contributed by atoms with Gasteiger partial charge in [0.25, 0.3) is 0 Å². The summed E-state index contributed by atoms with van der Waals surface area (Å²) >= 11 is 1.67. The van der Waals surface area contributed by atoms with Gasteiger partial charge in [0.1, 0.15) is 0 Å². The molecule has 0 saturated carbocycles. The first-order valence-electron chi connectivity index (χ1n) is 6.37. The number of anilines is 1. The molecule has 1 saturated heterocycles. The van der Waals surface area contributed by atoms with Crippen LogP contribution in [-0.4, -0.2) is 31.2 Å². The van der Waals surface area contributed by atoms with Crippen LogP contribution in [0.4, 0.5) is 5.69 Å². The first-order chi connectivity index (χ1) is 9.15. The first kappa shape index (κ1) is 13.9. The summed E-state index contributed by atoms with van der Waals surface area (Å²) in [5.41, 5.74) is 0.870. The van der Waals surface area contributed by atoms with Crippen LogP contribution in [0.1, 0.15) is 13.3 Å². The van der Waals surface area contributed by atoms with E-state index in [1.165, 1.54) is 0 Å². The van der Waals surface area contributed by atoms with Gasteiger partial charge in [0.05, 0.1) is 5.92 Å². The van der Waals surface area contributed by atoms with Gasteiger partial charge in [-0.05, 0) is 37.4 Å². The van der Waals surface area contributed by atoms with E-state index in [0.717, 1.165) is 10.6 Å². The molecule has 1 aliphatic heterocycles. The minimum Gasteiger partial charge on any atom is -0.356 e. The van der Waals surface area contributed by atoms with Crippen molar-refractivity contribution >= 4 is 29.3 Å². The SMILES string of the molecule is CCNC(=O)[C@H]1CC(=O)N(c2ccc(SC)cc2)C1. The van der Waals surface area contributed by atoms with Crippen LogP contribution in [0, 0.1) is 5.92 Å². The molecule has 1 fully saturated rings. The third kappa shape index (κ3) is 3.10. The molecule has 1 heterocycles. The Balaban J connectivity index is 2.08. The number of thioether (sulfide) groups is 1. The Morgan fingerprint density at radius 3 is 2.68 bits per heavy atom. The summed E-state index contributed by atoms with van der Waals surface area (Å²) in [6, 6.07) is 7.85. The van der Waals surface area contributed by atoms with Crippen molar-refractivity contribution in [2.75, 3.05) is 24.2 Å². The van der Waals surface area contributed by atoms with E-state index in [1.54, 1.807) is 16.7 Å². The maximum atomic E-state index is 12.0. The molecular formula is C14H18N2O2S. The van der Waals surface area contributed by atoms with E-state index < -0.39 is 0 Å². The van der Waals surface area contributed by atoms with E-state index in [0.29, 0.717) is 19.5 Å². The number of nitrogens with one attached hydrogen (secondary N) is 1. The summed E-state index contributed by atoms with van der Waals surface area (Å²) in [4.78, 5) is 26.6. The molecule has 2 rings (SSSR count). The second-order valence-electron chi connectivity index (χ2n) is 4.50. The number of nitrogens with zero attached hydrogens (tertiary/aromatic N) is 1. The fourth-order valence-corrected chi connectivity index (χ4v) is 2.62. The molecule has 4 nitrogen and oxygen atoms in total. The fraction of sp³-hybridized carbons (Fsp3) is 0.429. The van der Waals surface area contributed by atoms with Gasteiger partial charge < -0.3 is 10.2 Å². The largest absolute Gasteiger partial charge is 0.356 e. The maximum absolute atomic E-state index is 12.0. The molecule has 102 valence electrons. The van der Waals surface area contributed by atoms with Crippen molar-refractivity contribution in [3.8, 4) is 0 Å². The Morgan fingerprint density at radius 2 is 2.11 bits per heavy atom. The van der Waals surface area contributed by atoms with Crippen LogP contribution >= 0.6 is 11.8 Å². The molecule has 0 aliphatic carbocycles. The van der Waals surface area contributed by atoms with Crippen LogP contribution in [0.15, 0.2) is 29.2 Å². The number of benzene rings is 1. The lowest BCUT2D eigenvalue weighted by Gasteiger charge is -2.16. The highest BCUT2D eigenvalue weighted by Crippen LogP contribution is 2.27. The third-order valence-corrected chi connectivity index (χ3v) is 3.97. The lowest BCUT2D eigenvalue weighted by Crippen LogP contribution is -2.32. The standard InChI is InChI=1S/C14H18N2O2S/c1-3-15-14(18)10-8-13(17)16(9-10)11-4-6-12(19-2)7-5-11/h4-7,10H,3,8-9H2,1-2H3,(H,15,18)/t10-/m0/s1. The number of carbonyl (C=O) groups excluding carboxylic acids is 2. The Bertz CT molecular complexity index is 473. The zero-order valence-electron chi connectivity index (χ0n) is 11.2. The highest BCUT2D eigenvalue weighted by molar-refractivity contribution is 7.98. The summed E-state index contributed by atoms with van der Waals surface area (Å²) in [7, 11) is 0. The van der Waals surface area contributed by atoms with Gasteiger partial charge in [-0.3, -0.25) is 9.59 Å². The van der Waals surface area contributed by atoms with E-state index in [-0.39, 0.29) is 17.7 Å². The molecule has 19 heavy (non-hydrogen) atoms. The van der Waals surface area contributed by atoms with Gasteiger partial charge in [0.15, 0.2) is 0 Å². The average Bonchev–Trinajstić information content (AvgIpc) is 2.81. The van der Waals surface area contributed by atoms with Crippen LogP contribution in [-0.2, 0) is 9.59 Å². The molecule has 0 unspecified atom stereocenters. The van der Waals surface area contributed by atoms with Gasteiger partial charge in [-0.1, -0.05) is 0 Å². The van der Waals surface area contributed by atoms with Crippen molar-refractivity contribution in [3.05, 3.63) is 24.3 Å². The highest BCUT2D eigenvalue weighted by Gasteiger charge is 2.34. The predicted octanol–water partition coefficient (Wildman–Crippen LogP) is 1.90. The van der Waals surface area contributed by atoms with Crippen molar-refractivity contribution in [2.45, 2.75) is 18.2 Å². The van der Waals surface area contributed by atoms with Gasteiger partial charge in [-0.15, -0.1) is 11.8 Å². The molecule has 0 spiro atoms. The summed E-state index contributed by atoms with van der Waals surface area (Å²) < 4.78 is 0. The number of rotatable bonds is 4. The second kappa shape index (κ2) is 6.10. The minimum atomic E-state index is -0.229. The lowest BCUT2D eigenvalue weighted by atomic mass is 10.1. The quantitative estimate of drug-likeness (QED) is 0.856. The van der Waals surface area contributed by atoms with E-state index in [1.807, 2.05) is 37.4 Å². The molecule has 1 atom stereocenters. The van der Waals surface area contributed by atoms with E-state index in [9.17, 15) is 9.59 Å². The van der Waals surface area contributed by atoms with E-state index in [4.69, 9.17) is 0 Å². The summed E-state index contributed by atoms with van der Waals surface area (Å²) in [6.07, 6.45) is 2.32. The number of amides is 2. The Morgan fingerprint density at radius 1 is 1.42 bits per heavy atom. The normalized spacial score (nSPS) is 18.7. The topological polar surface area (TPSA) is 49.4 Å². The van der Waals surface area contributed by atoms with Gasteiger partial charge >= 0.3 is 0 Å². The van der Waals surface area contributed by atoms with Crippen LogP contribution in [0.25, 0.3) is 0 Å². The zero-order chi connectivity index (χ0) is 13.8. The van der Waals surface area contributed by atoms with Crippen molar-refractivity contribution in [2.24, 2.45) is 5.92 Å². The van der Waals surface area contributed by atoms with Gasteiger partial charge in [0.2, 0.25) is 11.8 Å². The molecule has 1 aromatic rings. The Kier molecular flexibility index (Phi) is 4.47. The molecule has 1 aliphatic rings. The van der Waals surface area contributed by atoms with Crippen LogP contribution in [0.2, 0.25) is 0 Å². The van der Waals surface area contributed by atoms with Crippen molar-refractivity contribution in [1.29, 1.82) is 0 Å². The fourth-order valence-electron chi connectivity index (χ4n) is 2.21. The van der Waals surface area contributed by atoms with Gasteiger partial charge in [-0.2, -0.15) is 0 Å². The molecule has 0 bridgehead atoms. The van der Waals surface area contributed by atoms with E-state index >= 15 is 0 Å². The molecule has 1 aromatic carbocycles. The molecule has 2 amide bonds. The predicted molar refractivity (Wildman–Crippen MR) is 77.4 cm³/mol. The second-order valence-corrected chi connectivity index (χ2v) is 5.38. The minimum absolute atomic E-state index is 0.0214. The molecular weight excluding hydrogens is 260 g/mol. The summed E-state index contributed by atoms with van der Waals surface area (Å²) in [5, 5.41) is 2.78. The molecule has 0 aromatic heterocycles. The summed E-state index contributed by atoms with van der Waals surface area (Å²) in [5.74, 6) is -0.236. The molecule has 1 N–H and O–H groups in total. The monoisotopic (exact) mass is 278 g/mol. The first-order valence-corrected chi connectivity index (χ1v) is 7.60. The van der Waals surface area contributed by atoms with Gasteiger partial charge in [0, 0.05) is 30.1 Å². The Labute approximate surface area is 117 Å². The molecule has 5 heteroatoms. The van der Waals surface area contributed by atoms with Crippen molar-refractivity contribution in [1.82, 2.24) is 5.32 Å². The van der Waals surface area contributed by atoms with E-state index in [2.05, 4.69) is 5.32 Å². The molecule has 0 radical (unpaired) electrons. The van der Waals surface area contributed by atoms with Crippen LogP contribution < -0.4 is 10.2 Å². The zero-order valence-corrected chi connectivity index (χ0v) is 12.0. The van der Waals surface area contributed by atoms with Crippen LogP contribution in [0.5, 0.6) is 0 Å². The van der Waals surface area contributed by atoms with Gasteiger partial charge in [-0.25, -0.2) is 0 Å². The number of carbonyl (C=O) groups is 2. The third-order valence-electron chi connectivity index (χ3n) is 3.23. The average molecular weight is 278 g/mol.